The first-order chi connectivity index (χ1) is 20.0. The van der Waals surface area contributed by atoms with Gasteiger partial charge in [0, 0.05) is 23.8 Å². The summed E-state index contributed by atoms with van der Waals surface area (Å²) in [5, 5.41) is 70.9. The Balaban J connectivity index is 1.46. The lowest BCUT2D eigenvalue weighted by Crippen LogP contribution is -2.60. The molecule has 2 saturated heterocycles. The Morgan fingerprint density at radius 2 is 1.62 bits per heavy atom. The first-order valence-electron chi connectivity index (χ1n) is 12.7. The second-order valence-corrected chi connectivity index (χ2v) is 9.69. The lowest BCUT2D eigenvalue weighted by Gasteiger charge is -2.41. The smallest absolute Gasteiger partial charge is 0.337 e. The molecule has 0 radical (unpaired) electrons. The number of phenolic OH excluding ortho intramolecular Hbond substituents is 2. The third-order valence-electron chi connectivity index (χ3n) is 6.96. The zero-order valence-electron chi connectivity index (χ0n) is 21.8. The maximum Gasteiger partial charge on any atom is 0.337 e. The van der Waals surface area contributed by atoms with Crippen molar-refractivity contribution in [2.75, 3.05) is 13.7 Å². The fourth-order valence-electron chi connectivity index (χ4n) is 4.73. The molecule has 0 aliphatic carbocycles. The Bertz CT molecular complexity index is 1490. The highest BCUT2D eigenvalue weighted by atomic mass is 16.8. The molecule has 15 heteroatoms. The van der Waals surface area contributed by atoms with Crippen LogP contribution in [0.25, 0.3) is 22.3 Å². The maximum absolute atomic E-state index is 12.8. The normalized spacial score (nSPS) is 31.2. The lowest BCUT2D eigenvalue weighted by atomic mass is 9.99. The highest BCUT2D eigenvalue weighted by Gasteiger charge is 2.53. The van der Waals surface area contributed by atoms with E-state index < -0.39 is 79.1 Å². The quantitative estimate of drug-likeness (QED) is 0.158. The van der Waals surface area contributed by atoms with E-state index in [4.69, 9.17) is 23.4 Å². The molecular weight excluding hydrogens is 564 g/mol. The summed E-state index contributed by atoms with van der Waals surface area (Å²) in [7, 11) is 1.05. The Kier molecular flexibility index (Phi) is 8.36. The van der Waals surface area contributed by atoms with E-state index in [1.807, 2.05) is 0 Å². The zero-order valence-corrected chi connectivity index (χ0v) is 21.8. The summed E-state index contributed by atoms with van der Waals surface area (Å²) in [6.45, 7) is -0.743. The van der Waals surface area contributed by atoms with Crippen LogP contribution < -0.4 is 10.2 Å². The minimum atomic E-state index is -1.84. The van der Waals surface area contributed by atoms with E-state index in [1.165, 1.54) is 30.3 Å². The van der Waals surface area contributed by atoms with Gasteiger partial charge < -0.3 is 63.8 Å². The van der Waals surface area contributed by atoms with Crippen molar-refractivity contribution < 1.29 is 68.6 Å². The maximum atomic E-state index is 12.8. The van der Waals surface area contributed by atoms with Gasteiger partial charge in [-0.3, -0.25) is 4.79 Å². The van der Waals surface area contributed by atoms with Gasteiger partial charge >= 0.3 is 5.97 Å². The Morgan fingerprint density at radius 3 is 2.29 bits per heavy atom. The minimum Gasteiger partial charge on any atom is -0.508 e. The van der Waals surface area contributed by atoms with Crippen LogP contribution in [0, 0.1) is 0 Å². The molecule has 0 saturated carbocycles. The van der Waals surface area contributed by atoms with Crippen LogP contribution in [0.3, 0.4) is 0 Å². The van der Waals surface area contributed by atoms with Crippen LogP contribution in [0.2, 0.25) is 0 Å². The molecule has 5 rings (SSSR count). The minimum absolute atomic E-state index is 0.000264. The van der Waals surface area contributed by atoms with E-state index in [-0.39, 0.29) is 28.2 Å². The van der Waals surface area contributed by atoms with Crippen LogP contribution in [0.4, 0.5) is 0 Å². The van der Waals surface area contributed by atoms with Gasteiger partial charge in [0.25, 0.3) is 0 Å². The summed E-state index contributed by atoms with van der Waals surface area (Å²) in [6, 6.07) is 9.29. The molecular formula is C27H28O15. The molecule has 3 aromatic rings. The number of aliphatic hydroxyl groups is 5. The SMILES string of the molecule is COC(=O)[C@H]1O[C@@H](Oc2cc(O)c3c(=O)cc(-c4ccc(O)cc4)oc3c2)C(O[C@@H]2OC(CO)[C@@H](O)C(O)[C@@H]2O)[C@H]1O. The van der Waals surface area contributed by atoms with Gasteiger partial charge in [-0.15, -0.1) is 0 Å². The number of rotatable bonds is 7. The molecule has 0 spiro atoms. The predicted molar refractivity (Wildman–Crippen MR) is 137 cm³/mol. The molecule has 3 unspecified atom stereocenters. The van der Waals surface area contributed by atoms with E-state index in [0.717, 1.165) is 19.2 Å². The number of esters is 1. The van der Waals surface area contributed by atoms with Crippen molar-refractivity contribution in [2.24, 2.45) is 0 Å². The van der Waals surface area contributed by atoms with E-state index in [9.17, 15) is 45.3 Å². The Morgan fingerprint density at radius 1 is 0.905 bits per heavy atom. The van der Waals surface area contributed by atoms with Crippen LogP contribution in [-0.4, -0.2) is 111 Å². The first kappa shape index (κ1) is 29.7. The third-order valence-corrected chi connectivity index (χ3v) is 6.96. The number of carbonyl (C=O) groups is 1. The number of hydrogen-bond acceptors (Lipinski definition) is 15. The van der Waals surface area contributed by atoms with Crippen LogP contribution in [0.1, 0.15) is 0 Å². The molecule has 0 amide bonds. The standard InChI is InChI=1S/C27H28O15/c1-37-25(36)23-22(35)24(42-26-21(34)20(33)19(32)17(9-28)40-26)27(41-23)38-12-6-13(30)18-14(31)8-15(39-16(18)7-12)10-2-4-11(29)5-3-10/h2-8,17,19-24,26-30,32-35H,9H2,1H3/t17?,19-,20?,21+,22+,23+,24?,26+,27-/m1/s1. The Labute approximate surface area is 236 Å². The van der Waals surface area contributed by atoms with Gasteiger partial charge in [-0.2, -0.15) is 0 Å². The highest BCUT2D eigenvalue weighted by Crippen LogP contribution is 2.35. The molecule has 226 valence electrons. The van der Waals surface area contributed by atoms with E-state index >= 15 is 0 Å². The number of methoxy groups -OCH3 is 1. The Hall–Kier alpha value is -3.80. The van der Waals surface area contributed by atoms with Gasteiger partial charge in [0.15, 0.2) is 23.9 Å². The zero-order chi connectivity index (χ0) is 30.3. The second kappa shape index (κ2) is 11.8. The average Bonchev–Trinajstić information content (AvgIpc) is 3.26. The van der Waals surface area contributed by atoms with E-state index in [0.29, 0.717) is 5.56 Å². The largest absolute Gasteiger partial charge is 0.508 e. The monoisotopic (exact) mass is 592 g/mol. The van der Waals surface area contributed by atoms with Crippen LogP contribution >= 0.6 is 0 Å². The topological polar surface area (TPSA) is 235 Å². The molecule has 2 aliphatic rings. The summed E-state index contributed by atoms with van der Waals surface area (Å²) >= 11 is 0. The summed E-state index contributed by atoms with van der Waals surface area (Å²) in [4.78, 5) is 25.0. The molecule has 3 heterocycles. The third kappa shape index (κ3) is 5.51. The number of aromatic hydroxyl groups is 2. The number of benzene rings is 2. The molecule has 1 aromatic heterocycles. The number of phenols is 2. The molecule has 2 fully saturated rings. The number of carbonyl (C=O) groups excluding carboxylic acids is 1. The molecule has 0 bridgehead atoms. The molecule has 42 heavy (non-hydrogen) atoms. The number of fused-ring (bicyclic) bond motifs is 1. The van der Waals surface area contributed by atoms with Crippen LogP contribution in [0.5, 0.6) is 17.2 Å². The van der Waals surface area contributed by atoms with Gasteiger partial charge in [0.05, 0.1) is 13.7 Å². The fraction of sp³-hybridized carbons (Fsp3) is 0.407. The summed E-state index contributed by atoms with van der Waals surface area (Å²) in [5.74, 6) is -1.56. The van der Waals surface area contributed by atoms with Crippen LogP contribution in [0.15, 0.2) is 51.7 Å². The van der Waals surface area contributed by atoms with Gasteiger partial charge in [-0.1, -0.05) is 0 Å². The van der Waals surface area contributed by atoms with Crippen molar-refractivity contribution in [3.8, 4) is 28.6 Å². The molecule has 15 nitrogen and oxygen atoms in total. The van der Waals surface area contributed by atoms with Gasteiger partial charge in [0.1, 0.15) is 64.5 Å². The van der Waals surface area contributed by atoms with Crippen molar-refractivity contribution in [3.05, 3.63) is 52.7 Å². The number of ether oxygens (including phenoxy) is 5. The number of aliphatic hydroxyl groups excluding tert-OH is 5. The summed E-state index contributed by atoms with van der Waals surface area (Å²) in [6.07, 6.45) is -15.0. The molecule has 2 aromatic carbocycles. The first-order valence-corrected chi connectivity index (χ1v) is 12.7. The highest BCUT2D eigenvalue weighted by molar-refractivity contribution is 5.86. The predicted octanol–water partition coefficient (Wildman–Crippen LogP) is -1.31. The van der Waals surface area contributed by atoms with Crippen molar-refractivity contribution >= 4 is 16.9 Å². The molecule has 2 aliphatic heterocycles. The van der Waals surface area contributed by atoms with E-state index in [2.05, 4.69) is 4.74 Å². The average molecular weight is 593 g/mol. The van der Waals surface area contributed by atoms with E-state index in [1.54, 1.807) is 0 Å². The molecule has 7 N–H and O–H groups in total. The summed E-state index contributed by atoms with van der Waals surface area (Å²) < 4.78 is 32.8. The van der Waals surface area contributed by atoms with Gasteiger partial charge in [-0.25, -0.2) is 4.79 Å². The summed E-state index contributed by atoms with van der Waals surface area (Å²) in [5.41, 5.74) is -0.227. The van der Waals surface area contributed by atoms with Gasteiger partial charge in [0.2, 0.25) is 6.29 Å². The number of hydrogen-bond donors (Lipinski definition) is 7. The fourth-order valence-corrected chi connectivity index (χ4v) is 4.73. The lowest BCUT2D eigenvalue weighted by molar-refractivity contribution is -0.323. The van der Waals surface area contributed by atoms with Crippen molar-refractivity contribution in [1.29, 1.82) is 0 Å². The van der Waals surface area contributed by atoms with Crippen molar-refractivity contribution in [1.82, 2.24) is 0 Å². The van der Waals surface area contributed by atoms with Crippen LogP contribution in [-0.2, 0) is 23.7 Å². The van der Waals surface area contributed by atoms with Crippen molar-refractivity contribution in [3.63, 3.8) is 0 Å². The second-order valence-electron chi connectivity index (χ2n) is 9.69. The molecule has 9 atom stereocenters. The van der Waals surface area contributed by atoms with Gasteiger partial charge in [-0.05, 0) is 24.3 Å². The van der Waals surface area contributed by atoms with Crippen molar-refractivity contribution in [2.45, 2.75) is 55.3 Å².